The molecule has 1 fully saturated rings. The molecule has 1 aliphatic rings. The molecule has 1 rings (SSSR count). The predicted molar refractivity (Wildman–Crippen MR) is 73.1 cm³/mol. The number of urea groups is 1. The summed E-state index contributed by atoms with van der Waals surface area (Å²) < 4.78 is 0. The molecule has 2 N–H and O–H groups in total. The number of nitrogens with one attached hydrogen (secondary N) is 1. The van der Waals surface area contributed by atoms with Gasteiger partial charge in [0, 0.05) is 32.2 Å². The summed E-state index contributed by atoms with van der Waals surface area (Å²) in [6.07, 6.45) is 1.20. The Morgan fingerprint density at radius 3 is 2.21 bits per heavy atom. The first-order chi connectivity index (χ1) is 8.95. The first kappa shape index (κ1) is 15.8. The molecule has 0 aliphatic carbocycles. The van der Waals surface area contributed by atoms with Crippen LogP contribution in [0.2, 0.25) is 0 Å². The molecule has 1 atom stereocenters. The van der Waals surface area contributed by atoms with Gasteiger partial charge in [0.15, 0.2) is 0 Å². The molecule has 1 heterocycles. The van der Waals surface area contributed by atoms with Crippen molar-refractivity contribution < 1.29 is 14.7 Å². The number of aliphatic carboxylic acids is 1. The molecule has 0 unspecified atom stereocenters. The van der Waals surface area contributed by atoms with Crippen LogP contribution in [-0.2, 0) is 4.79 Å². The molecule has 110 valence electrons. The minimum absolute atomic E-state index is 0.260. The molecule has 1 aliphatic heterocycles. The van der Waals surface area contributed by atoms with Gasteiger partial charge in [0.2, 0.25) is 0 Å². The fourth-order valence-corrected chi connectivity index (χ4v) is 2.23. The summed E-state index contributed by atoms with van der Waals surface area (Å²) in [4.78, 5) is 27.0. The highest BCUT2D eigenvalue weighted by Gasteiger charge is 2.25. The van der Waals surface area contributed by atoms with Crippen LogP contribution in [0.25, 0.3) is 0 Å². The van der Waals surface area contributed by atoms with Crippen LogP contribution in [0, 0.1) is 0 Å². The highest BCUT2D eigenvalue weighted by atomic mass is 16.4. The maximum atomic E-state index is 12.0. The molecular formula is C13H25N3O3. The van der Waals surface area contributed by atoms with Gasteiger partial charge < -0.3 is 15.3 Å². The highest BCUT2D eigenvalue weighted by molar-refractivity contribution is 5.82. The molecule has 1 saturated heterocycles. The number of carboxylic acid groups (broad SMARTS) is 1. The maximum Gasteiger partial charge on any atom is 0.326 e. The summed E-state index contributed by atoms with van der Waals surface area (Å²) in [6.45, 7) is 9.18. The second-order valence-corrected chi connectivity index (χ2v) is 5.25. The molecule has 0 aromatic heterocycles. The second kappa shape index (κ2) is 7.33. The number of carbonyl (C=O) groups is 2. The Bertz CT molecular complexity index is 312. The van der Waals surface area contributed by atoms with E-state index in [2.05, 4.69) is 24.1 Å². The van der Waals surface area contributed by atoms with E-state index in [1.807, 2.05) is 6.92 Å². The lowest BCUT2D eigenvalue weighted by Gasteiger charge is -2.37. The van der Waals surface area contributed by atoms with Crippen LogP contribution in [0.5, 0.6) is 0 Å². The van der Waals surface area contributed by atoms with Crippen LogP contribution in [0.15, 0.2) is 0 Å². The smallest absolute Gasteiger partial charge is 0.326 e. The molecule has 0 bridgehead atoms. The Morgan fingerprint density at radius 1 is 1.21 bits per heavy atom. The topological polar surface area (TPSA) is 72.9 Å². The van der Waals surface area contributed by atoms with Crippen molar-refractivity contribution in [3.05, 3.63) is 0 Å². The highest BCUT2D eigenvalue weighted by Crippen LogP contribution is 2.07. The zero-order valence-corrected chi connectivity index (χ0v) is 12.1. The lowest BCUT2D eigenvalue weighted by molar-refractivity contribution is -0.139. The normalized spacial score (nSPS) is 18.4. The quantitative estimate of drug-likeness (QED) is 0.781. The molecule has 0 spiro atoms. The van der Waals surface area contributed by atoms with Gasteiger partial charge >= 0.3 is 12.0 Å². The molecule has 2 amide bonds. The zero-order chi connectivity index (χ0) is 14.4. The third kappa shape index (κ3) is 4.70. The average Bonchev–Trinajstić information content (AvgIpc) is 2.38. The summed E-state index contributed by atoms with van der Waals surface area (Å²) >= 11 is 0. The molecule has 0 saturated carbocycles. The van der Waals surface area contributed by atoms with Gasteiger partial charge in [-0.2, -0.15) is 0 Å². The van der Waals surface area contributed by atoms with Gasteiger partial charge in [-0.05, 0) is 20.3 Å². The van der Waals surface area contributed by atoms with E-state index in [-0.39, 0.29) is 6.03 Å². The summed E-state index contributed by atoms with van der Waals surface area (Å²) in [6, 6.07) is -0.554. The number of hydrogen-bond acceptors (Lipinski definition) is 3. The Labute approximate surface area is 114 Å². The van der Waals surface area contributed by atoms with Crippen molar-refractivity contribution in [2.45, 2.75) is 45.7 Å². The number of carbonyl (C=O) groups excluding carboxylic acids is 1. The van der Waals surface area contributed by atoms with Gasteiger partial charge in [0.05, 0.1) is 0 Å². The fraction of sp³-hybridized carbons (Fsp3) is 0.846. The third-order valence-electron chi connectivity index (χ3n) is 3.50. The summed E-state index contributed by atoms with van der Waals surface area (Å²) in [5, 5.41) is 11.6. The average molecular weight is 271 g/mol. The van der Waals surface area contributed by atoms with E-state index >= 15 is 0 Å². The van der Waals surface area contributed by atoms with E-state index in [1.54, 1.807) is 4.90 Å². The second-order valence-electron chi connectivity index (χ2n) is 5.25. The number of rotatable bonds is 5. The fourth-order valence-electron chi connectivity index (χ4n) is 2.23. The van der Waals surface area contributed by atoms with E-state index in [0.717, 1.165) is 19.5 Å². The van der Waals surface area contributed by atoms with Gasteiger partial charge in [0.25, 0.3) is 0 Å². The monoisotopic (exact) mass is 271 g/mol. The van der Waals surface area contributed by atoms with Gasteiger partial charge in [0.1, 0.15) is 6.04 Å². The van der Waals surface area contributed by atoms with Crippen LogP contribution < -0.4 is 5.32 Å². The van der Waals surface area contributed by atoms with Crippen LogP contribution in [-0.4, -0.2) is 65.2 Å². The minimum atomic E-state index is -0.962. The number of carboxylic acids is 1. The van der Waals surface area contributed by atoms with Gasteiger partial charge in [-0.15, -0.1) is 0 Å². The number of piperazine rings is 1. The Kier molecular flexibility index (Phi) is 6.08. The summed E-state index contributed by atoms with van der Waals surface area (Å²) in [5.74, 6) is -0.962. The van der Waals surface area contributed by atoms with Crippen LogP contribution >= 0.6 is 0 Å². The van der Waals surface area contributed by atoms with Crippen molar-refractivity contribution in [1.29, 1.82) is 0 Å². The molecule has 0 radical (unpaired) electrons. The Morgan fingerprint density at radius 2 is 1.79 bits per heavy atom. The maximum absolute atomic E-state index is 12.0. The Balaban J connectivity index is 2.44. The Hall–Kier alpha value is -1.30. The standard InChI is InChI=1S/C13H25N3O3/c1-4-5-11(12(17)18)14-13(19)16-8-6-15(7-9-16)10(2)3/h10-11H,4-9H2,1-3H3,(H,14,19)(H,17,18)/t11-/m0/s1. The van der Waals surface area contributed by atoms with E-state index in [1.165, 1.54) is 0 Å². The van der Waals surface area contributed by atoms with Crippen molar-refractivity contribution in [3.8, 4) is 0 Å². The predicted octanol–water partition coefficient (Wildman–Crippen LogP) is 0.975. The molecular weight excluding hydrogens is 246 g/mol. The lowest BCUT2D eigenvalue weighted by Crippen LogP contribution is -2.55. The first-order valence-electron chi connectivity index (χ1n) is 6.98. The SMILES string of the molecule is CCC[C@H](NC(=O)N1CCN(C(C)C)CC1)C(=O)O. The third-order valence-corrected chi connectivity index (χ3v) is 3.50. The van der Waals surface area contributed by atoms with Gasteiger partial charge in [-0.25, -0.2) is 9.59 Å². The van der Waals surface area contributed by atoms with E-state index in [0.29, 0.717) is 25.6 Å². The summed E-state index contributed by atoms with van der Waals surface area (Å²) in [7, 11) is 0. The van der Waals surface area contributed by atoms with E-state index < -0.39 is 12.0 Å². The molecule has 6 nitrogen and oxygen atoms in total. The van der Waals surface area contributed by atoms with Gasteiger partial charge in [-0.3, -0.25) is 4.90 Å². The van der Waals surface area contributed by atoms with E-state index in [9.17, 15) is 9.59 Å². The molecule has 19 heavy (non-hydrogen) atoms. The van der Waals surface area contributed by atoms with Gasteiger partial charge in [-0.1, -0.05) is 13.3 Å². The molecule has 6 heteroatoms. The van der Waals surface area contributed by atoms with E-state index in [4.69, 9.17) is 5.11 Å². The van der Waals surface area contributed by atoms with Crippen molar-refractivity contribution in [3.63, 3.8) is 0 Å². The van der Waals surface area contributed by atoms with Crippen LogP contribution in [0.3, 0.4) is 0 Å². The first-order valence-corrected chi connectivity index (χ1v) is 6.98. The number of nitrogens with zero attached hydrogens (tertiary/aromatic N) is 2. The zero-order valence-electron chi connectivity index (χ0n) is 12.1. The van der Waals surface area contributed by atoms with Crippen molar-refractivity contribution >= 4 is 12.0 Å². The van der Waals surface area contributed by atoms with Crippen LogP contribution in [0.1, 0.15) is 33.6 Å². The van der Waals surface area contributed by atoms with Crippen molar-refractivity contribution in [2.75, 3.05) is 26.2 Å². The van der Waals surface area contributed by atoms with Crippen molar-refractivity contribution in [1.82, 2.24) is 15.1 Å². The largest absolute Gasteiger partial charge is 0.480 e. The number of hydrogen-bond donors (Lipinski definition) is 2. The summed E-state index contributed by atoms with van der Waals surface area (Å²) in [5.41, 5.74) is 0. The molecule has 0 aromatic rings. The van der Waals surface area contributed by atoms with Crippen LogP contribution in [0.4, 0.5) is 4.79 Å². The number of amides is 2. The lowest BCUT2D eigenvalue weighted by atomic mass is 10.2. The minimum Gasteiger partial charge on any atom is -0.480 e. The van der Waals surface area contributed by atoms with Crippen molar-refractivity contribution in [2.24, 2.45) is 0 Å². The molecule has 0 aromatic carbocycles.